The Morgan fingerprint density at radius 2 is 1.58 bits per heavy atom. The molecule has 3 rings (SSSR count). The van der Waals surface area contributed by atoms with Gasteiger partial charge in [-0.05, 0) is 24.3 Å². The number of thioether (sulfide) groups is 1. The average molecular weight is 340 g/mol. The molecule has 24 heavy (non-hydrogen) atoms. The van der Waals surface area contributed by atoms with Gasteiger partial charge in [0, 0.05) is 17.7 Å². The third-order valence-corrected chi connectivity index (χ3v) is 4.60. The molecule has 0 saturated carbocycles. The van der Waals surface area contributed by atoms with Crippen LogP contribution >= 0.6 is 11.8 Å². The molecule has 0 aliphatic carbocycles. The van der Waals surface area contributed by atoms with Gasteiger partial charge in [-0.3, -0.25) is 14.4 Å². The first-order chi connectivity index (χ1) is 11.6. The van der Waals surface area contributed by atoms with E-state index < -0.39 is 0 Å². The number of amides is 3. The Bertz CT molecular complexity index is 761. The second-order valence-electron chi connectivity index (χ2n) is 5.29. The van der Waals surface area contributed by atoms with Gasteiger partial charge in [0.05, 0.1) is 17.1 Å². The maximum absolute atomic E-state index is 12.2. The van der Waals surface area contributed by atoms with Crippen molar-refractivity contribution < 1.29 is 14.4 Å². The van der Waals surface area contributed by atoms with Gasteiger partial charge in [-0.25, -0.2) is 4.90 Å². The van der Waals surface area contributed by atoms with Crippen LogP contribution in [0.2, 0.25) is 0 Å². The second kappa shape index (κ2) is 7.31. The fourth-order valence-corrected chi connectivity index (χ4v) is 3.19. The van der Waals surface area contributed by atoms with Crippen LogP contribution in [0.4, 0.5) is 11.4 Å². The van der Waals surface area contributed by atoms with Gasteiger partial charge in [-0.15, -0.1) is 11.8 Å². The minimum Gasteiger partial charge on any atom is -0.324 e. The van der Waals surface area contributed by atoms with Crippen LogP contribution in [-0.4, -0.2) is 23.5 Å². The number of benzene rings is 2. The number of nitrogens with zero attached hydrogens (tertiary/aromatic N) is 1. The molecule has 5 nitrogen and oxygen atoms in total. The summed E-state index contributed by atoms with van der Waals surface area (Å²) >= 11 is 1.43. The van der Waals surface area contributed by atoms with E-state index in [0.717, 1.165) is 9.80 Å². The van der Waals surface area contributed by atoms with E-state index in [1.807, 2.05) is 30.3 Å². The Kier molecular flexibility index (Phi) is 4.96. The Labute approximate surface area is 144 Å². The zero-order chi connectivity index (χ0) is 16.9. The highest BCUT2D eigenvalue weighted by molar-refractivity contribution is 8.00. The van der Waals surface area contributed by atoms with Gasteiger partial charge < -0.3 is 5.32 Å². The molecule has 0 unspecified atom stereocenters. The summed E-state index contributed by atoms with van der Waals surface area (Å²) in [6.07, 6.45) is 0.427. The SMILES string of the molecule is O=C(CSc1ccccc1)Nc1ccccc1N1C(=O)CCC1=O. The molecule has 6 heteroatoms. The normalized spacial score (nSPS) is 14.1. The van der Waals surface area contributed by atoms with E-state index in [-0.39, 0.29) is 36.3 Å². The first-order valence-electron chi connectivity index (χ1n) is 7.57. The molecule has 1 heterocycles. The van der Waals surface area contributed by atoms with E-state index in [0.29, 0.717) is 11.4 Å². The van der Waals surface area contributed by atoms with Crippen LogP contribution < -0.4 is 10.2 Å². The minimum absolute atomic E-state index is 0.185. The third-order valence-electron chi connectivity index (χ3n) is 3.58. The standard InChI is InChI=1S/C18H16N2O3S/c21-16(12-24-13-6-2-1-3-7-13)19-14-8-4-5-9-15(14)20-17(22)10-11-18(20)23/h1-9H,10-12H2,(H,19,21). The Morgan fingerprint density at radius 1 is 0.958 bits per heavy atom. The van der Waals surface area contributed by atoms with Crippen LogP contribution in [0.15, 0.2) is 59.5 Å². The number of anilines is 2. The fourth-order valence-electron chi connectivity index (χ4n) is 2.47. The van der Waals surface area contributed by atoms with Crippen LogP contribution in [-0.2, 0) is 14.4 Å². The van der Waals surface area contributed by atoms with Crippen molar-refractivity contribution in [3.05, 3.63) is 54.6 Å². The number of para-hydroxylation sites is 2. The van der Waals surface area contributed by atoms with Gasteiger partial charge in [0.2, 0.25) is 17.7 Å². The van der Waals surface area contributed by atoms with Gasteiger partial charge in [-0.2, -0.15) is 0 Å². The molecule has 122 valence electrons. The predicted octanol–water partition coefficient (Wildman–Crippen LogP) is 3.07. The smallest absolute Gasteiger partial charge is 0.234 e. The summed E-state index contributed by atoms with van der Waals surface area (Å²) in [5.41, 5.74) is 0.905. The van der Waals surface area contributed by atoms with Crippen LogP contribution in [0.3, 0.4) is 0 Å². The van der Waals surface area contributed by atoms with Crippen LogP contribution in [0.1, 0.15) is 12.8 Å². The van der Waals surface area contributed by atoms with E-state index in [4.69, 9.17) is 0 Å². The number of imide groups is 1. The largest absolute Gasteiger partial charge is 0.324 e. The van der Waals surface area contributed by atoms with Crippen molar-refractivity contribution in [3.63, 3.8) is 0 Å². The van der Waals surface area contributed by atoms with Crippen molar-refractivity contribution in [2.45, 2.75) is 17.7 Å². The van der Waals surface area contributed by atoms with Crippen molar-refractivity contribution in [1.82, 2.24) is 0 Å². The van der Waals surface area contributed by atoms with Gasteiger partial charge in [-0.1, -0.05) is 30.3 Å². The molecule has 1 saturated heterocycles. The highest BCUT2D eigenvalue weighted by atomic mass is 32.2. The first kappa shape index (κ1) is 16.3. The summed E-state index contributed by atoms with van der Waals surface area (Å²) in [6.45, 7) is 0. The molecule has 1 fully saturated rings. The van der Waals surface area contributed by atoms with Gasteiger partial charge in [0.15, 0.2) is 0 Å². The number of nitrogens with one attached hydrogen (secondary N) is 1. The molecule has 2 aromatic rings. The molecule has 1 N–H and O–H groups in total. The van der Waals surface area contributed by atoms with E-state index in [9.17, 15) is 14.4 Å². The van der Waals surface area contributed by atoms with Crippen molar-refractivity contribution >= 4 is 40.9 Å². The summed E-state index contributed by atoms with van der Waals surface area (Å²) in [7, 11) is 0. The molecular weight excluding hydrogens is 324 g/mol. The highest BCUT2D eigenvalue weighted by Gasteiger charge is 2.31. The Morgan fingerprint density at radius 3 is 2.29 bits per heavy atom. The number of carbonyl (C=O) groups is 3. The third kappa shape index (κ3) is 3.65. The fraction of sp³-hybridized carbons (Fsp3) is 0.167. The zero-order valence-electron chi connectivity index (χ0n) is 12.9. The van der Waals surface area contributed by atoms with Crippen LogP contribution in [0.5, 0.6) is 0 Å². The number of carbonyl (C=O) groups excluding carboxylic acids is 3. The van der Waals surface area contributed by atoms with Crippen molar-refractivity contribution in [1.29, 1.82) is 0 Å². The lowest BCUT2D eigenvalue weighted by atomic mass is 10.2. The van der Waals surface area contributed by atoms with Gasteiger partial charge >= 0.3 is 0 Å². The Balaban J connectivity index is 1.70. The van der Waals surface area contributed by atoms with Crippen molar-refractivity contribution in [2.24, 2.45) is 0 Å². The number of hydrogen-bond donors (Lipinski definition) is 1. The Hall–Kier alpha value is -2.60. The van der Waals surface area contributed by atoms with E-state index in [1.54, 1.807) is 24.3 Å². The van der Waals surface area contributed by atoms with Crippen LogP contribution in [0, 0.1) is 0 Å². The first-order valence-corrected chi connectivity index (χ1v) is 8.56. The second-order valence-corrected chi connectivity index (χ2v) is 6.34. The molecule has 3 amide bonds. The molecule has 0 bridgehead atoms. The monoisotopic (exact) mass is 340 g/mol. The van der Waals surface area contributed by atoms with Gasteiger partial charge in [0.25, 0.3) is 0 Å². The highest BCUT2D eigenvalue weighted by Crippen LogP contribution is 2.30. The molecular formula is C18H16N2O3S. The quantitative estimate of drug-likeness (QED) is 0.671. The zero-order valence-corrected chi connectivity index (χ0v) is 13.7. The van der Waals surface area contributed by atoms with Gasteiger partial charge in [0.1, 0.15) is 0 Å². The number of hydrogen-bond acceptors (Lipinski definition) is 4. The lowest BCUT2D eigenvalue weighted by Crippen LogP contribution is -2.30. The van der Waals surface area contributed by atoms with E-state index in [1.165, 1.54) is 11.8 Å². The molecule has 0 radical (unpaired) electrons. The maximum atomic E-state index is 12.2. The summed E-state index contributed by atoms with van der Waals surface area (Å²) in [4.78, 5) is 38.2. The summed E-state index contributed by atoms with van der Waals surface area (Å²) in [6, 6.07) is 16.5. The lowest BCUT2D eigenvalue weighted by Gasteiger charge is -2.18. The predicted molar refractivity (Wildman–Crippen MR) is 94.0 cm³/mol. The van der Waals surface area contributed by atoms with Crippen molar-refractivity contribution in [3.8, 4) is 0 Å². The molecule has 1 aliphatic heterocycles. The summed E-state index contributed by atoms with van der Waals surface area (Å²) < 4.78 is 0. The maximum Gasteiger partial charge on any atom is 0.234 e. The molecule has 0 atom stereocenters. The molecule has 0 aromatic heterocycles. The van der Waals surface area contributed by atoms with E-state index in [2.05, 4.69) is 5.32 Å². The summed E-state index contributed by atoms with van der Waals surface area (Å²) in [5.74, 6) is -0.406. The molecule has 2 aromatic carbocycles. The van der Waals surface area contributed by atoms with Crippen LogP contribution in [0.25, 0.3) is 0 Å². The average Bonchev–Trinajstić information content (AvgIpc) is 2.93. The van der Waals surface area contributed by atoms with Crippen molar-refractivity contribution in [2.75, 3.05) is 16.0 Å². The minimum atomic E-state index is -0.236. The molecule has 1 aliphatic rings. The number of rotatable bonds is 5. The lowest BCUT2D eigenvalue weighted by molar-refractivity contribution is -0.121. The summed E-state index contributed by atoms with van der Waals surface area (Å²) in [5, 5.41) is 2.79. The topological polar surface area (TPSA) is 66.5 Å². The molecule has 0 spiro atoms. The van der Waals surface area contributed by atoms with E-state index >= 15 is 0 Å².